The van der Waals surface area contributed by atoms with Gasteiger partial charge in [-0.3, -0.25) is 4.79 Å². The molecule has 1 rings (SSSR count). The third-order valence-electron chi connectivity index (χ3n) is 2.19. The van der Waals surface area contributed by atoms with Crippen molar-refractivity contribution in [3.05, 3.63) is 24.3 Å². The summed E-state index contributed by atoms with van der Waals surface area (Å²) in [6, 6.07) is 6.95. The summed E-state index contributed by atoms with van der Waals surface area (Å²) in [7, 11) is 0. The van der Waals surface area contributed by atoms with E-state index in [1.807, 2.05) is 20.8 Å². The average molecular weight is 266 g/mol. The first-order valence-corrected chi connectivity index (χ1v) is 6.24. The molecule has 5 nitrogen and oxygen atoms in total. The van der Waals surface area contributed by atoms with Crippen LogP contribution in [0.25, 0.3) is 0 Å². The average Bonchev–Trinajstić information content (AvgIpc) is 2.30. The normalized spacial score (nSPS) is 11.3. The fourth-order valence-electron chi connectivity index (χ4n) is 1.34. The van der Waals surface area contributed by atoms with Gasteiger partial charge in [0.25, 0.3) is 0 Å². The molecule has 1 aromatic carbocycles. The fourth-order valence-corrected chi connectivity index (χ4v) is 1.34. The molecule has 0 aliphatic rings. The molecule has 0 radical (unpaired) electrons. The maximum atomic E-state index is 11.5. The standard InChI is InChI=1S/C14H22N2O3/c1-14(2,3)19-9-8-18-10-13(17)16-12-6-4-11(15)5-7-12/h4-7H,8-10,15H2,1-3H3,(H,16,17). The van der Waals surface area contributed by atoms with Crippen LogP contribution in [0.4, 0.5) is 11.4 Å². The Morgan fingerprint density at radius 1 is 1.21 bits per heavy atom. The van der Waals surface area contributed by atoms with Crippen LogP contribution in [-0.2, 0) is 14.3 Å². The predicted molar refractivity (Wildman–Crippen MR) is 76.0 cm³/mol. The smallest absolute Gasteiger partial charge is 0.250 e. The first kappa shape index (κ1) is 15.5. The molecule has 5 heteroatoms. The number of ether oxygens (including phenoxy) is 2. The van der Waals surface area contributed by atoms with Crippen LogP contribution >= 0.6 is 0 Å². The van der Waals surface area contributed by atoms with Crippen LogP contribution in [0, 0.1) is 0 Å². The first-order valence-electron chi connectivity index (χ1n) is 6.24. The van der Waals surface area contributed by atoms with E-state index in [9.17, 15) is 4.79 Å². The zero-order valence-corrected chi connectivity index (χ0v) is 11.7. The molecular weight excluding hydrogens is 244 g/mol. The highest BCUT2D eigenvalue weighted by atomic mass is 16.5. The summed E-state index contributed by atoms with van der Waals surface area (Å²) in [5, 5.41) is 2.72. The molecule has 106 valence electrons. The van der Waals surface area contributed by atoms with Gasteiger partial charge in [-0.2, -0.15) is 0 Å². The number of hydrogen-bond donors (Lipinski definition) is 2. The number of nitrogens with one attached hydrogen (secondary N) is 1. The topological polar surface area (TPSA) is 73.6 Å². The molecule has 0 bridgehead atoms. The van der Waals surface area contributed by atoms with Gasteiger partial charge < -0.3 is 20.5 Å². The monoisotopic (exact) mass is 266 g/mol. The number of carbonyl (C=O) groups excluding carboxylic acids is 1. The van der Waals surface area contributed by atoms with Crippen molar-refractivity contribution in [3.8, 4) is 0 Å². The van der Waals surface area contributed by atoms with Gasteiger partial charge >= 0.3 is 0 Å². The zero-order chi connectivity index (χ0) is 14.3. The number of anilines is 2. The third kappa shape index (κ3) is 7.43. The molecule has 1 aromatic rings. The molecule has 0 aromatic heterocycles. The Bertz CT molecular complexity index is 396. The van der Waals surface area contributed by atoms with Crippen molar-refractivity contribution in [2.75, 3.05) is 30.9 Å². The number of hydrogen-bond acceptors (Lipinski definition) is 4. The summed E-state index contributed by atoms with van der Waals surface area (Å²) in [6.45, 7) is 6.80. The van der Waals surface area contributed by atoms with Crippen molar-refractivity contribution in [2.24, 2.45) is 0 Å². The quantitative estimate of drug-likeness (QED) is 0.610. The van der Waals surface area contributed by atoms with Crippen LogP contribution < -0.4 is 11.1 Å². The van der Waals surface area contributed by atoms with Gasteiger partial charge in [0, 0.05) is 11.4 Å². The Kier molecular flexibility index (Phi) is 5.79. The van der Waals surface area contributed by atoms with Gasteiger partial charge in [-0.1, -0.05) is 0 Å². The van der Waals surface area contributed by atoms with E-state index in [1.54, 1.807) is 24.3 Å². The summed E-state index contributed by atoms with van der Waals surface area (Å²) in [6.07, 6.45) is 0. The number of nitrogens with two attached hydrogens (primary N) is 1. The molecule has 0 saturated carbocycles. The lowest BCUT2D eigenvalue weighted by molar-refractivity contribution is -0.121. The Hall–Kier alpha value is -1.59. The van der Waals surface area contributed by atoms with Crippen LogP contribution in [0.3, 0.4) is 0 Å². The molecular formula is C14H22N2O3. The van der Waals surface area contributed by atoms with E-state index >= 15 is 0 Å². The second-order valence-corrected chi connectivity index (χ2v) is 5.18. The number of amides is 1. The molecule has 0 aliphatic heterocycles. The van der Waals surface area contributed by atoms with Crippen molar-refractivity contribution < 1.29 is 14.3 Å². The highest BCUT2D eigenvalue weighted by Crippen LogP contribution is 2.10. The number of nitrogen functional groups attached to an aromatic ring is 1. The summed E-state index contributed by atoms with van der Waals surface area (Å²) in [4.78, 5) is 11.5. The largest absolute Gasteiger partial charge is 0.399 e. The first-order chi connectivity index (χ1) is 8.87. The molecule has 0 unspecified atom stereocenters. The molecule has 0 atom stereocenters. The van der Waals surface area contributed by atoms with Crippen molar-refractivity contribution in [2.45, 2.75) is 26.4 Å². The summed E-state index contributed by atoms with van der Waals surface area (Å²) >= 11 is 0. The van der Waals surface area contributed by atoms with Gasteiger partial charge in [0.15, 0.2) is 0 Å². The second kappa shape index (κ2) is 7.11. The fraction of sp³-hybridized carbons (Fsp3) is 0.500. The van der Waals surface area contributed by atoms with E-state index in [1.165, 1.54) is 0 Å². The summed E-state index contributed by atoms with van der Waals surface area (Å²) < 4.78 is 10.7. The van der Waals surface area contributed by atoms with E-state index < -0.39 is 0 Å². The van der Waals surface area contributed by atoms with Crippen LogP contribution in [-0.4, -0.2) is 31.3 Å². The molecule has 19 heavy (non-hydrogen) atoms. The van der Waals surface area contributed by atoms with Gasteiger partial charge in [0.2, 0.25) is 5.91 Å². The minimum Gasteiger partial charge on any atom is -0.399 e. The lowest BCUT2D eigenvalue weighted by atomic mass is 10.2. The minimum absolute atomic E-state index is 0.0118. The molecule has 3 N–H and O–H groups in total. The Morgan fingerprint density at radius 3 is 2.42 bits per heavy atom. The van der Waals surface area contributed by atoms with Gasteiger partial charge in [0.05, 0.1) is 18.8 Å². The highest BCUT2D eigenvalue weighted by molar-refractivity contribution is 5.91. The van der Waals surface area contributed by atoms with E-state index in [-0.39, 0.29) is 18.1 Å². The number of rotatable bonds is 6. The van der Waals surface area contributed by atoms with Gasteiger partial charge in [-0.15, -0.1) is 0 Å². The van der Waals surface area contributed by atoms with E-state index in [2.05, 4.69) is 5.32 Å². The van der Waals surface area contributed by atoms with Crippen LogP contribution in [0.5, 0.6) is 0 Å². The molecule has 0 saturated heterocycles. The van der Waals surface area contributed by atoms with Gasteiger partial charge in [0.1, 0.15) is 6.61 Å². The Labute approximate surface area is 114 Å². The molecule has 1 amide bonds. The van der Waals surface area contributed by atoms with Crippen molar-refractivity contribution >= 4 is 17.3 Å². The third-order valence-corrected chi connectivity index (χ3v) is 2.19. The van der Waals surface area contributed by atoms with Gasteiger partial charge in [-0.05, 0) is 45.0 Å². The van der Waals surface area contributed by atoms with E-state index in [0.29, 0.717) is 24.6 Å². The Morgan fingerprint density at radius 2 is 1.84 bits per heavy atom. The van der Waals surface area contributed by atoms with Crippen molar-refractivity contribution in [1.29, 1.82) is 0 Å². The highest BCUT2D eigenvalue weighted by Gasteiger charge is 2.09. The lowest BCUT2D eigenvalue weighted by Gasteiger charge is -2.19. The van der Waals surface area contributed by atoms with Crippen molar-refractivity contribution in [3.63, 3.8) is 0 Å². The maximum Gasteiger partial charge on any atom is 0.250 e. The van der Waals surface area contributed by atoms with Crippen molar-refractivity contribution in [1.82, 2.24) is 0 Å². The molecule has 0 fully saturated rings. The van der Waals surface area contributed by atoms with E-state index in [4.69, 9.17) is 15.2 Å². The summed E-state index contributed by atoms with van der Waals surface area (Å²) in [5.41, 5.74) is 6.73. The Balaban J connectivity index is 2.16. The van der Waals surface area contributed by atoms with Gasteiger partial charge in [-0.25, -0.2) is 0 Å². The van der Waals surface area contributed by atoms with Crippen LogP contribution in [0.15, 0.2) is 24.3 Å². The number of carbonyl (C=O) groups is 1. The predicted octanol–water partition coefficient (Wildman–Crippen LogP) is 2.04. The maximum absolute atomic E-state index is 11.5. The zero-order valence-electron chi connectivity index (χ0n) is 11.7. The molecule has 0 spiro atoms. The SMILES string of the molecule is CC(C)(C)OCCOCC(=O)Nc1ccc(N)cc1. The molecule has 0 heterocycles. The molecule has 0 aliphatic carbocycles. The van der Waals surface area contributed by atoms with Crippen LogP contribution in [0.2, 0.25) is 0 Å². The lowest BCUT2D eigenvalue weighted by Crippen LogP contribution is -2.24. The summed E-state index contributed by atoms with van der Waals surface area (Å²) in [5.74, 6) is -0.194. The van der Waals surface area contributed by atoms with Crippen LogP contribution in [0.1, 0.15) is 20.8 Å². The second-order valence-electron chi connectivity index (χ2n) is 5.18. The van der Waals surface area contributed by atoms with E-state index in [0.717, 1.165) is 0 Å². The minimum atomic E-state index is -0.194. The number of benzene rings is 1.